The molecule has 176 valence electrons. The molecule has 34 heavy (non-hydrogen) atoms. The molecular formula is C27H28ClN3O2S. The summed E-state index contributed by atoms with van der Waals surface area (Å²) in [6, 6.07) is 24.0. The van der Waals surface area contributed by atoms with Crippen molar-refractivity contribution in [3.8, 4) is 28.6 Å². The van der Waals surface area contributed by atoms with Crippen molar-refractivity contribution in [2.24, 2.45) is 0 Å². The van der Waals surface area contributed by atoms with E-state index in [9.17, 15) is 0 Å². The Morgan fingerprint density at radius 3 is 2.32 bits per heavy atom. The Balaban J connectivity index is 1.63. The van der Waals surface area contributed by atoms with E-state index >= 15 is 0 Å². The highest BCUT2D eigenvalue weighted by Crippen LogP contribution is 2.33. The second kappa shape index (κ2) is 10.5. The summed E-state index contributed by atoms with van der Waals surface area (Å²) in [6.07, 6.45) is 0. The van der Waals surface area contributed by atoms with E-state index in [0.29, 0.717) is 17.4 Å². The van der Waals surface area contributed by atoms with Gasteiger partial charge in [-0.05, 0) is 41.3 Å². The highest BCUT2D eigenvalue weighted by Gasteiger charge is 2.19. The zero-order valence-electron chi connectivity index (χ0n) is 19.8. The molecule has 0 atom stereocenters. The first-order valence-electron chi connectivity index (χ1n) is 11.1. The standard InChI is InChI=1S/C27H28ClN3O2S/c1-27(2,3)20-12-10-19(11-13-20)25-29-30-26(34-17-16-33-22-8-6-5-7-9-22)31(25)21-14-15-24(32-4)23(28)18-21/h5-15,18H,16-17H2,1-4H3. The number of hydrogen-bond donors (Lipinski definition) is 0. The van der Waals surface area contributed by atoms with Crippen LogP contribution in [0.5, 0.6) is 11.5 Å². The Labute approximate surface area is 210 Å². The lowest BCUT2D eigenvalue weighted by molar-refractivity contribution is 0.344. The van der Waals surface area contributed by atoms with Gasteiger partial charge in [0, 0.05) is 11.3 Å². The predicted molar refractivity (Wildman–Crippen MR) is 140 cm³/mol. The Morgan fingerprint density at radius 2 is 1.68 bits per heavy atom. The van der Waals surface area contributed by atoms with Crippen molar-refractivity contribution in [3.63, 3.8) is 0 Å². The lowest BCUT2D eigenvalue weighted by Crippen LogP contribution is -2.10. The van der Waals surface area contributed by atoms with E-state index in [1.54, 1.807) is 18.9 Å². The molecule has 0 bridgehead atoms. The van der Waals surface area contributed by atoms with E-state index < -0.39 is 0 Å². The van der Waals surface area contributed by atoms with Gasteiger partial charge in [-0.15, -0.1) is 10.2 Å². The third kappa shape index (κ3) is 5.57. The van der Waals surface area contributed by atoms with Crippen molar-refractivity contribution in [2.45, 2.75) is 31.3 Å². The molecule has 0 aliphatic carbocycles. The molecule has 4 rings (SSSR count). The summed E-state index contributed by atoms with van der Waals surface area (Å²) in [6.45, 7) is 7.17. The summed E-state index contributed by atoms with van der Waals surface area (Å²) in [7, 11) is 1.61. The normalized spacial score (nSPS) is 11.4. The molecule has 1 heterocycles. The second-order valence-corrected chi connectivity index (χ2v) is 10.3. The lowest BCUT2D eigenvalue weighted by atomic mass is 9.87. The van der Waals surface area contributed by atoms with Crippen LogP contribution >= 0.6 is 23.4 Å². The van der Waals surface area contributed by atoms with Crippen molar-refractivity contribution >= 4 is 23.4 Å². The van der Waals surface area contributed by atoms with E-state index in [0.717, 1.165) is 33.7 Å². The summed E-state index contributed by atoms with van der Waals surface area (Å²) in [5, 5.41) is 10.3. The van der Waals surface area contributed by atoms with E-state index in [2.05, 4.69) is 55.2 Å². The molecule has 0 radical (unpaired) electrons. The topological polar surface area (TPSA) is 49.2 Å². The van der Waals surface area contributed by atoms with Gasteiger partial charge in [0.15, 0.2) is 11.0 Å². The van der Waals surface area contributed by atoms with Gasteiger partial charge in [-0.2, -0.15) is 0 Å². The molecule has 0 N–H and O–H groups in total. The maximum absolute atomic E-state index is 6.46. The van der Waals surface area contributed by atoms with Crippen LogP contribution in [0.3, 0.4) is 0 Å². The number of rotatable bonds is 8. The summed E-state index contributed by atoms with van der Waals surface area (Å²) < 4.78 is 13.2. The Hall–Kier alpha value is -2.96. The average Bonchev–Trinajstić information content (AvgIpc) is 3.26. The van der Waals surface area contributed by atoms with E-state index in [1.807, 2.05) is 53.1 Å². The van der Waals surface area contributed by atoms with Crippen LogP contribution in [0.15, 0.2) is 78.0 Å². The number of benzene rings is 3. The largest absolute Gasteiger partial charge is 0.495 e. The van der Waals surface area contributed by atoms with Crippen LogP contribution in [0.2, 0.25) is 5.02 Å². The monoisotopic (exact) mass is 493 g/mol. The molecule has 0 fully saturated rings. The van der Waals surface area contributed by atoms with Crippen molar-refractivity contribution in [3.05, 3.63) is 83.4 Å². The molecule has 4 aromatic rings. The zero-order chi connectivity index (χ0) is 24.1. The molecule has 0 aliphatic rings. The molecule has 0 amide bonds. The molecule has 3 aromatic carbocycles. The quantitative estimate of drug-likeness (QED) is 0.194. The summed E-state index contributed by atoms with van der Waals surface area (Å²) >= 11 is 8.05. The first-order valence-corrected chi connectivity index (χ1v) is 12.4. The van der Waals surface area contributed by atoms with Gasteiger partial charge in [-0.25, -0.2) is 0 Å². The molecule has 0 unspecified atom stereocenters. The van der Waals surface area contributed by atoms with Gasteiger partial charge < -0.3 is 9.47 Å². The SMILES string of the molecule is COc1ccc(-n2c(SCCOc3ccccc3)nnc2-c2ccc(C(C)(C)C)cc2)cc1Cl. The fourth-order valence-electron chi connectivity index (χ4n) is 3.51. The highest BCUT2D eigenvalue weighted by molar-refractivity contribution is 7.99. The predicted octanol–water partition coefficient (Wildman–Crippen LogP) is 7.06. The summed E-state index contributed by atoms with van der Waals surface area (Å²) in [4.78, 5) is 0. The molecular weight excluding hydrogens is 466 g/mol. The average molecular weight is 494 g/mol. The van der Waals surface area contributed by atoms with Gasteiger partial charge in [0.05, 0.1) is 24.4 Å². The molecule has 0 saturated heterocycles. The van der Waals surface area contributed by atoms with Gasteiger partial charge in [0.1, 0.15) is 11.5 Å². The number of halogens is 1. The number of nitrogens with zero attached hydrogens (tertiary/aromatic N) is 3. The molecule has 1 aromatic heterocycles. The van der Waals surface area contributed by atoms with Crippen molar-refractivity contribution in [1.82, 2.24) is 14.8 Å². The highest BCUT2D eigenvalue weighted by atomic mass is 35.5. The third-order valence-corrected chi connectivity index (χ3v) is 6.55. The van der Waals surface area contributed by atoms with Crippen LogP contribution in [0.25, 0.3) is 17.1 Å². The van der Waals surface area contributed by atoms with E-state index in [4.69, 9.17) is 21.1 Å². The molecule has 0 spiro atoms. The minimum atomic E-state index is 0.0788. The second-order valence-electron chi connectivity index (χ2n) is 8.80. The molecule has 5 nitrogen and oxygen atoms in total. The van der Waals surface area contributed by atoms with Crippen LogP contribution in [-0.4, -0.2) is 34.2 Å². The van der Waals surface area contributed by atoms with Gasteiger partial charge in [0.25, 0.3) is 0 Å². The first-order chi connectivity index (χ1) is 16.4. The maximum atomic E-state index is 6.46. The van der Waals surface area contributed by atoms with Gasteiger partial charge in [-0.1, -0.05) is 86.6 Å². The minimum Gasteiger partial charge on any atom is -0.495 e. The van der Waals surface area contributed by atoms with Gasteiger partial charge >= 0.3 is 0 Å². The number of ether oxygens (including phenoxy) is 2. The smallest absolute Gasteiger partial charge is 0.196 e. The fourth-order valence-corrected chi connectivity index (χ4v) is 4.53. The Bertz CT molecular complexity index is 1240. The van der Waals surface area contributed by atoms with E-state index in [-0.39, 0.29) is 5.41 Å². The van der Waals surface area contributed by atoms with Crippen molar-refractivity contribution in [1.29, 1.82) is 0 Å². The van der Waals surface area contributed by atoms with Crippen LogP contribution in [-0.2, 0) is 5.41 Å². The van der Waals surface area contributed by atoms with Crippen LogP contribution in [0.4, 0.5) is 0 Å². The minimum absolute atomic E-state index is 0.0788. The number of para-hydroxylation sites is 1. The lowest BCUT2D eigenvalue weighted by Gasteiger charge is -2.19. The Kier molecular flexibility index (Phi) is 7.49. The number of methoxy groups -OCH3 is 1. The van der Waals surface area contributed by atoms with Gasteiger partial charge in [0.2, 0.25) is 0 Å². The first kappa shape index (κ1) is 24.2. The Morgan fingerprint density at radius 1 is 0.941 bits per heavy atom. The summed E-state index contributed by atoms with van der Waals surface area (Å²) in [5.74, 6) is 2.96. The number of thioether (sulfide) groups is 1. The summed E-state index contributed by atoms with van der Waals surface area (Å²) in [5.41, 5.74) is 3.20. The molecule has 7 heteroatoms. The maximum Gasteiger partial charge on any atom is 0.196 e. The van der Waals surface area contributed by atoms with Crippen LogP contribution < -0.4 is 9.47 Å². The number of aromatic nitrogens is 3. The third-order valence-electron chi connectivity index (χ3n) is 5.36. The van der Waals surface area contributed by atoms with Gasteiger partial charge in [-0.3, -0.25) is 4.57 Å². The van der Waals surface area contributed by atoms with E-state index in [1.165, 1.54) is 5.56 Å². The van der Waals surface area contributed by atoms with Crippen LogP contribution in [0, 0.1) is 0 Å². The van der Waals surface area contributed by atoms with Crippen molar-refractivity contribution in [2.75, 3.05) is 19.5 Å². The van der Waals surface area contributed by atoms with Crippen molar-refractivity contribution < 1.29 is 9.47 Å². The molecule has 0 aliphatic heterocycles. The molecule has 0 saturated carbocycles. The zero-order valence-corrected chi connectivity index (χ0v) is 21.4. The number of hydrogen-bond acceptors (Lipinski definition) is 5. The van der Waals surface area contributed by atoms with Crippen LogP contribution in [0.1, 0.15) is 26.3 Å². The fraction of sp³-hybridized carbons (Fsp3) is 0.259.